The van der Waals surface area contributed by atoms with E-state index in [4.69, 9.17) is 16.3 Å². The van der Waals surface area contributed by atoms with Crippen LogP contribution >= 0.6 is 11.6 Å². The number of halogens is 1. The van der Waals surface area contributed by atoms with Gasteiger partial charge in [-0.15, -0.1) is 0 Å². The van der Waals surface area contributed by atoms with Crippen LogP contribution in [0.5, 0.6) is 5.75 Å². The molecule has 0 spiro atoms. The van der Waals surface area contributed by atoms with Crippen molar-refractivity contribution < 1.29 is 14.6 Å². The lowest BCUT2D eigenvalue weighted by Crippen LogP contribution is -2.59. The van der Waals surface area contributed by atoms with E-state index in [9.17, 15) is 9.90 Å². The molecule has 0 saturated heterocycles. The maximum absolute atomic E-state index is 11.3. The van der Waals surface area contributed by atoms with Crippen LogP contribution in [0.4, 0.5) is 0 Å². The van der Waals surface area contributed by atoms with Crippen LogP contribution in [-0.2, 0) is 11.2 Å². The Morgan fingerprint density at radius 3 is 2.58 bits per heavy atom. The molecule has 2 aromatic carbocycles. The second-order valence-electron chi connectivity index (χ2n) is 10.1. The standard InChI is InChI=1S/C26H34ClNO3/c1-16-4-9-19(10-5-16)31-22-11-8-18-7-6-17(14-20(18)24(22)27)12-13-28-23-15-21(25(29)30)26(23,2)3/h6-8,11,14,16,19,21,23,28H,4-5,9-10,12-13,15H2,1-3H3,(H,29,30)/t16-,19+,21-,23-/m0/s1. The van der Waals surface area contributed by atoms with Crippen LogP contribution in [-0.4, -0.2) is 29.8 Å². The lowest BCUT2D eigenvalue weighted by molar-refractivity contribution is -0.155. The van der Waals surface area contributed by atoms with Crippen LogP contribution in [0.2, 0.25) is 5.02 Å². The molecule has 2 saturated carbocycles. The number of carboxylic acid groups (broad SMARTS) is 1. The molecule has 4 nitrogen and oxygen atoms in total. The van der Waals surface area contributed by atoms with Gasteiger partial charge >= 0.3 is 5.97 Å². The van der Waals surface area contributed by atoms with Crippen molar-refractivity contribution in [3.05, 3.63) is 40.9 Å². The molecule has 2 aromatic rings. The molecule has 2 aliphatic carbocycles. The van der Waals surface area contributed by atoms with E-state index < -0.39 is 5.97 Å². The second kappa shape index (κ2) is 8.99. The van der Waals surface area contributed by atoms with Gasteiger partial charge < -0.3 is 15.2 Å². The van der Waals surface area contributed by atoms with Gasteiger partial charge in [0.2, 0.25) is 0 Å². The van der Waals surface area contributed by atoms with E-state index in [0.717, 1.165) is 48.2 Å². The fourth-order valence-corrected chi connectivity index (χ4v) is 5.44. The van der Waals surface area contributed by atoms with Crippen LogP contribution in [0.1, 0.15) is 58.4 Å². The van der Waals surface area contributed by atoms with Crippen molar-refractivity contribution in [2.45, 2.75) is 71.4 Å². The van der Waals surface area contributed by atoms with Gasteiger partial charge in [-0.3, -0.25) is 4.79 Å². The first-order valence-electron chi connectivity index (χ1n) is 11.6. The predicted octanol–water partition coefficient (Wildman–Crippen LogP) is 6.08. The van der Waals surface area contributed by atoms with Crippen LogP contribution < -0.4 is 10.1 Å². The molecular formula is C26H34ClNO3. The Balaban J connectivity index is 1.39. The van der Waals surface area contributed by atoms with Gasteiger partial charge in [0.15, 0.2) is 0 Å². The van der Waals surface area contributed by atoms with Crippen molar-refractivity contribution in [2.24, 2.45) is 17.3 Å². The zero-order chi connectivity index (χ0) is 22.2. The summed E-state index contributed by atoms with van der Waals surface area (Å²) in [5, 5.41) is 15.7. The highest BCUT2D eigenvalue weighted by molar-refractivity contribution is 6.37. The summed E-state index contributed by atoms with van der Waals surface area (Å²) in [5.41, 5.74) is 1.01. The zero-order valence-electron chi connectivity index (χ0n) is 18.8. The smallest absolute Gasteiger partial charge is 0.307 e. The van der Waals surface area contributed by atoms with Crippen molar-refractivity contribution in [3.63, 3.8) is 0 Å². The highest BCUT2D eigenvalue weighted by Gasteiger charge is 2.51. The third kappa shape index (κ3) is 4.70. The van der Waals surface area contributed by atoms with E-state index in [1.807, 2.05) is 19.9 Å². The molecule has 2 fully saturated rings. The van der Waals surface area contributed by atoms with Crippen LogP contribution in [0.25, 0.3) is 10.8 Å². The number of hydrogen-bond acceptors (Lipinski definition) is 3. The number of benzene rings is 2. The van der Waals surface area contributed by atoms with Crippen LogP contribution in [0, 0.1) is 17.3 Å². The maximum Gasteiger partial charge on any atom is 0.307 e. The van der Waals surface area contributed by atoms with Gasteiger partial charge in [-0.1, -0.05) is 50.6 Å². The Morgan fingerprint density at radius 1 is 1.19 bits per heavy atom. The Morgan fingerprint density at radius 2 is 1.90 bits per heavy atom. The number of carbonyl (C=O) groups is 1. The highest BCUT2D eigenvalue weighted by Crippen LogP contribution is 2.46. The minimum absolute atomic E-state index is 0.207. The number of ether oxygens (including phenoxy) is 1. The van der Waals surface area contributed by atoms with Gasteiger partial charge in [0, 0.05) is 11.4 Å². The fraction of sp³-hybridized carbons (Fsp3) is 0.577. The highest BCUT2D eigenvalue weighted by atomic mass is 35.5. The number of fused-ring (bicyclic) bond motifs is 1. The number of carboxylic acids is 1. The van der Waals surface area contributed by atoms with Gasteiger partial charge in [-0.25, -0.2) is 0 Å². The summed E-state index contributed by atoms with van der Waals surface area (Å²) in [6.07, 6.45) is 6.48. The number of nitrogens with one attached hydrogen (secondary N) is 1. The molecule has 4 rings (SSSR count). The molecule has 0 amide bonds. The molecule has 2 aliphatic rings. The molecule has 0 aromatic heterocycles. The summed E-state index contributed by atoms with van der Waals surface area (Å²) < 4.78 is 6.28. The molecule has 0 bridgehead atoms. The van der Waals surface area contributed by atoms with Gasteiger partial charge in [-0.05, 0) is 79.5 Å². The van der Waals surface area contributed by atoms with Gasteiger partial charge in [-0.2, -0.15) is 0 Å². The first-order chi connectivity index (χ1) is 14.8. The third-order valence-electron chi connectivity index (χ3n) is 7.61. The quantitative estimate of drug-likeness (QED) is 0.544. The molecule has 5 heteroatoms. The molecule has 2 atom stereocenters. The third-order valence-corrected chi connectivity index (χ3v) is 8.00. The summed E-state index contributed by atoms with van der Waals surface area (Å²) in [6.45, 7) is 7.21. The number of hydrogen-bond donors (Lipinski definition) is 2. The molecular weight excluding hydrogens is 410 g/mol. The summed E-state index contributed by atoms with van der Waals surface area (Å²) in [6, 6.07) is 10.8. The van der Waals surface area contributed by atoms with Gasteiger partial charge in [0.1, 0.15) is 5.75 Å². The average molecular weight is 444 g/mol. The monoisotopic (exact) mass is 443 g/mol. The fourth-order valence-electron chi connectivity index (χ4n) is 5.17. The van der Waals surface area contributed by atoms with Crippen LogP contribution in [0.15, 0.2) is 30.3 Å². The minimum atomic E-state index is -0.687. The molecule has 168 valence electrons. The Kier molecular flexibility index (Phi) is 6.50. The molecule has 0 unspecified atom stereocenters. The van der Waals surface area contributed by atoms with Crippen molar-refractivity contribution in [2.75, 3.05) is 6.54 Å². The minimum Gasteiger partial charge on any atom is -0.489 e. The SMILES string of the molecule is CC1(C)[C@@H](NCCc2ccc3ccc(O[C@H]4CC[C@@H](C)CC4)c(Cl)c3c2)C[C@H]1C(=O)O. The van der Waals surface area contributed by atoms with E-state index in [1.54, 1.807) is 0 Å². The number of aliphatic carboxylic acids is 1. The summed E-state index contributed by atoms with van der Waals surface area (Å²) in [7, 11) is 0. The van der Waals surface area contributed by atoms with Crippen molar-refractivity contribution in [1.29, 1.82) is 0 Å². The molecule has 2 N–H and O–H groups in total. The topological polar surface area (TPSA) is 58.6 Å². The molecule has 0 heterocycles. The van der Waals surface area contributed by atoms with Crippen molar-refractivity contribution in [3.8, 4) is 5.75 Å². The van der Waals surface area contributed by atoms with Crippen molar-refractivity contribution >= 4 is 28.3 Å². The first-order valence-corrected chi connectivity index (χ1v) is 12.0. The van der Waals surface area contributed by atoms with Crippen LogP contribution in [0.3, 0.4) is 0 Å². The summed E-state index contributed by atoms with van der Waals surface area (Å²) in [4.78, 5) is 11.3. The summed E-state index contributed by atoms with van der Waals surface area (Å²) in [5.74, 6) is 0.645. The zero-order valence-corrected chi connectivity index (χ0v) is 19.5. The van der Waals surface area contributed by atoms with E-state index >= 15 is 0 Å². The first kappa shape index (κ1) is 22.4. The Bertz CT molecular complexity index is 949. The van der Waals surface area contributed by atoms with Crippen molar-refractivity contribution in [1.82, 2.24) is 5.32 Å². The average Bonchev–Trinajstić information content (AvgIpc) is 2.73. The lowest BCUT2D eigenvalue weighted by Gasteiger charge is -2.50. The summed E-state index contributed by atoms with van der Waals surface area (Å²) >= 11 is 6.76. The molecule has 0 aliphatic heterocycles. The Labute approximate surface area is 190 Å². The van der Waals surface area contributed by atoms with E-state index in [-0.39, 0.29) is 23.5 Å². The van der Waals surface area contributed by atoms with E-state index in [1.165, 1.54) is 18.4 Å². The normalized spacial score (nSPS) is 27.6. The van der Waals surface area contributed by atoms with E-state index in [2.05, 4.69) is 36.5 Å². The molecule has 31 heavy (non-hydrogen) atoms. The Hall–Kier alpha value is -1.78. The predicted molar refractivity (Wildman–Crippen MR) is 126 cm³/mol. The lowest BCUT2D eigenvalue weighted by atomic mass is 9.58. The largest absolute Gasteiger partial charge is 0.489 e. The number of rotatable bonds is 7. The van der Waals surface area contributed by atoms with E-state index in [0.29, 0.717) is 11.4 Å². The van der Waals surface area contributed by atoms with Gasteiger partial charge in [0.25, 0.3) is 0 Å². The van der Waals surface area contributed by atoms with Gasteiger partial charge in [0.05, 0.1) is 17.0 Å². The molecule has 0 radical (unpaired) electrons. The second-order valence-corrected chi connectivity index (χ2v) is 10.5. The maximum atomic E-state index is 11.3.